The molecule has 154 valence electrons. The van der Waals surface area contributed by atoms with Gasteiger partial charge in [-0.05, 0) is 57.5 Å². The lowest BCUT2D eigenvalue weighted by Crippen LogP contribution is -2.37. The Balaban J connectivity index is 1.77. The molecule has 3 N–H and O–H groups in total. The van der Waals surface area contributed by atoms with E-state index >= 15 is 0 Å². The lowest BCUT2D eigenvalue weighted by atomic mass is 10.1. The molecule has 0 aromatic heterocycles. The maximum absolute atomic E-state index is 12.1. The summed E-state index contributed by atoms with van der Waals surface area (Å²) in [4.78, 5) is 35.6. The molecule has 7 nitrogen and oxygen atoms in total. The molecule has 0 spiro atoms. The molecular weight excluding hydrogens is 370 g/mol. The van der Waals surface area contributed by atoms with E-state index in [1.807, 2.05) is 31.2 Å². The van der Waals surface area contributed by atoms with Crippen molar-refractivity contribution in [1.29, 1.82) is 0 Å². The van der Waals surface area contributed by atoms with Crippen LogP contribution in [0.4, 0.5) is 10.5 Å². The number of alkyl carbamates (subject to hydrolysis) is 1. The molecule has 2 aromatic carbocycles. The predicted molar refractivity (Wildman–Crippen MR) is 112 cm³/mol. The molecule has 0 saturated heterocycles. The summed E-state index contributed by atoms with van der Waals surface area (Å²) in [6, 6.07) is 14.5. The summed E-state index contributed by atoms with van der Waals surface area (Å²) in [5.41, 5.74) is 2.58. The molecular formula is C22H27N3O4. The first-order valence-corrected chi connectivity index (χ1v) is 9.33. The van der Waals surface area contributed by atoms with Crippen LogP contribution in [-0.4, -0.2) is 30.1 Å². The second-order valence-corrected chi connectivity index (χ2v) is 7.65. The van der Waals surface area contributed by atoms with Crippen molar-refractivity contribution in [3.05, 3.63) is 65.2 Å². The number of ether oxygens (including phenoxy) is 1. The van der Waals surface area contributed by atoms with Gasteiger partial charge in [0.15, 0.2) is 0 Å². The fourth-order valence-corrected chi connectivity index (χ4v) is 2.37. The Bertz CT molecular complexity index is 853. The van der Waals surface area contributed by atoms with Crippen molar-refractivity contribution in [2.24, 2.45) is 0 Å². The van der Waals surface area contributed by atoms with Crippen LogP contribution in [0.2, 0.25) is 0 Å². The lowest BCUT2D eigenvalue weighted by Gasteiger charge is -2.19. The van der Waals surface area contributed by atoms with Crippen molar-refractivity contribution in [3.8, 4) is 0 Å². The van der Waals surface area contributed by atoms with E-state index in [-0.39, 0.29) is 18.4 Å². The van der Waals surface area contributed by atoms with Gasteiger partial charge in [0.1, 0.15) is 12.1 Å². The number of aryl methyl sites for hydroxylation is 1. The molecule has 0 bridgehead atoms. The standard InChI is InChI=1S/C22H27N3O4/c1-15-5-9-17(10-6-15)20(27)23-13-16-7-11-18(12-8-16)25-19(26)14-24-21(28)29-22(2,3)4/h5-12H,13-14H2,1-4H3,(H,23,27)(H,24,28)(H,25,26). The first kappa shape index (κ1) is 21.9. The average molecular weight is 397 g/mol. The monoisotopic (exact) mass is 397 g/mol. The number of carbonyl (C=O) groups is 3. The van der Waals surface area contributed by atoms with E-state index in [1.165, 1.54) is 0 Å². The zero-order chi connectivity index (χ0) is 21.4. The number of carbonyl (C=O) groups excluding carboxylic acids is 3. The van der Waals surface area contributed by atoms with Crippen LogP contribution < -0.4 is 16.0 Å². The molecule has 0 fully saturated rings. The Morgan fingerprint density at radius 1 is 0.897 bits per heavy atom. The molecule has 0 unspecified atom stereocenters. The van der Waals surface area contributed by atoms with Crippen molar-refractivity contribution in [1.82, 2.24) is 10.6 Å². The van der Waals surface area contributed by atoms with Gasteiger partial charge in [-0.1, -0.05) is 29.8 Å². The third kappa shape index (κ3) is 8.04. The summed E-state index contributed by atoms with van der Waals surface area (Å²) in [7, 11) is 0. The number of rotatable bonds is 6. The Morgan fingerprint density at radius 2 is 1.52 bits per heavy atom. The van der Waals surface area contributed by atoms with Gasteiger partial charge in [-0.3, -0.25) is 9.59 Å². The summed E-state index contributed by atoms with van der Waals surface area (Å²) in [6.07, 6.45) is -0.646. The van der Waals surface area contributed by atoms with Crippen molar-refractivity contribution < 1.29 is 19.1 Å². The maximum atomic E-state index is 12.1. The second kappa shape index (κ2) is 9.73. The van der Waals surface area contributed by atoms with Gasteiger partial charge in [-0.25, -0.2) is 4.79 Å². The molecule has 7 heteroatoms. The van der Waals surface area contributed by atoms with Crippen molar-refractivity contribution in [2.75, 3.05) is 11.9 Å². The predicted octanol–water partition coefficient (Wildman–Crippen LogP) is 3.39. The highest BCUT2D eigenvalue weighted by atomic mass is 16.6. The highest BCUT2D eigenvalue weighted by molar-refractivity contribution is 5.94. The first-order chi connectivity index (χ1) is 13.6. The zero-order valence-electron chi connectivity index (χ0n) is 17.2. The van der Waals surface area contributed by atoms with Gasteiger partial charge in [-0.2, -0.15) is 0 Å². The van der Waals surface area contributed by atoms with Crippen molar-refractivity contribution >= 4 is 23.6 Å². The van der Waals surface area contributed by atoms with Crippen LogP contribution in [0.15, 0.2) is 48.5 Å². The molecule has 2 rings (SSSR count). The number of hydrogen-bond donors (Lipinski definition) is 3. The highest BCUT2D eigenvalue weighted by Gasteiger charge is 2.16. The van der Waals surface area contributed by atoms with E-state index in [0.717, 1.165) is 11.1 Å². The third-order valence-electron chi connectivity index (χ3n) is 3.80. The van der Waals surface area contributed by atoms with Gasteiger partial charge in [0, 0.05) is 17.8 Å². The van der Waals surface area contributed by atoms with Crippen LogP contribution >= 0.6 is 0 Å². The lowest BCUT2D eigenvalue weighted by molar-refractivity contribution is -0.115. The maximum Gasteiger partial charge on any atom is 0.408 e. The zero-order valence-corrected chi connectivity index (χ0v) is 17.2. The molecule has 29 heavy (non-hydrogen) atoms. The van der Waals surface area contributed by atoms with Gasteiger partial charge in [0.25, 0.3) is 5.91 Å². The molecule has 0 aliphatic rings. The Morgan fingerprint density at radius 3 is 2.10 bits per heavy atom. The SMILES string of the molecule is Cc1ccc(C(=O)NCc2ccc(NC(=O)CNC(=O)OC(C)(C)C)cc2)cc1. The number of amides is 3. The first-order valence-electron chi connectivity index (χ1n) is 9.33. The number of nitrogens with one attached hydrogen (secondary N) is 3. The Kier molecular flexibility index (Phi) is 7.36. The topological polar surface area (TPSA) is 96.5 Å². The fourth-order valence-electron chi connectivity index (χ4n) is 2.37. The quantitative estimate of drug-likeness (QED) is 0.696. The Hall–Kier alpha value is -3.35. The molecule has 0 aliphatic heterocycles. The minimum absolute atomic E-state index is 0.143. The van der Waals surface area contributed by atoms with Gasteiger partial charge < -0.3 is 20.7 Å². The van der Waals surface area contributed by atoms with E-state index in [2.05, 4.69) is 16.0 Å². The molecule has 3 amide bonds. The molecule has 0 saturated carbocycles. The summed E-state index contributed by atoms with van der Waals surface area (Å²) in [6.45, 7) is 7.40. The van der Waals surface area contributed by atoms with E-state index in [0.29, 0.717) is 17.8 Å². The summed E-state index contributed by atoms with van der Waals surface area (Å²) < 4.78 is 5.07. The average Bonchev–Trinajstić information content (AvgIpc) is 2.65. The summed E-state index contributed by atoms with van der Waals surface area (Å²) in [5.74, 6) is -0.508. The third-order valence-corrected chi connectivity index (χ3v) is 3.80. The number of anilines is 1. The van der Waals surface area contributed by atoms with Crippen LogP contribution in [0, 0.1) is 6.92 Å². The van der Waals surface area contributed by atoms with Gasteiger partial charge in [-0.15, -0.1) is 0 Å². The van der Waals surface area contributed by atoms with Crippen LogP contribution in [0.25, 0.3) is 0 Å². The minimum Gasteiger partial charge on any atom is -0.444 e. The minimum atomic E-state index is -0.646. The smallest absolute Gasteiger partial charge is 0.408 e. The summed E-state index contributed by atoms with van der Waals surface area (Å²) in [5, 5.41) is 7.95. The van der Waals surface area contributed by atoms with E-state index in [9.17, 15) is 14.4 Å². The normalized spacial score (nSPS) is 10.8. The van der Waals surface area contributed by atoms with Crippen LogP contribution in [0.1, 0.15) is 42.3 Å². The van der Waals surface area contributed by atoms with Crippen molar-refractivity contribution in [2.45, 2.75) is 39.8 Å². The van der Waals surface area contributed by atoms with Crippen molar-refractivity contribution in [3.63, 3.8) is 0 Å². The number of hydrogen-bond acceptors (Lipinski definition) is 4. The molecule has 0 heterocycles. The Labute approximate surface area is 170 Å². The van der Waals surface area contributed by atoms with E-state index in [4.69, 9.17) is 4.74 Å². The molecule has 2 aromatic rings. The van der Waals surface area contributed by atoms with Gasteiger partial charge in [0.2, 0.25) is 5.91 Å². The molecule has 0 atom stereocenters. The summed E-state index contributed by atoms with van der Waals surface area (Å²) >= 11 is 0. The van der Waals surface area contributed by atoms with Crippen LogP contribution in [0.5, 0.6) is 0 Å². The van der Waals surface area contributed by atoms with E-state index < -0.39 is 11.7 Å². The molecule has 0 aliphatic carbocycles. The highest BCUT2D eigenvalue weighted by Crippen LogP contribution is 2.10. The van der Waals surface area contributed by atoms with Gasteiger partial charge >= 0.3 is 6.09 Å². The molecule has 0 radical (unpaired) electrons. The second-order valence-electron chi connectivity index (χ2n) is 7.65. The van der Waals surface area contributed by atoms with Gasteiger partial charge in [0.05, 0.1) is 0 Å². The van der Waals surface area contributed by atoms with E-state index in [1.54, 1.807) is 45.0 Å². The van der Waals surface area contributed by atoms with Crippen LogP contribution in [-0.2, 0) is 16.1 Å². The largest absolute Gasteiger partial charge is 0.444 e. The van der Waals surface area contributed by atoms with Crippen LogP contribution in [0.3, 0.4) is 0 Å². The number of benzene rings is 2. The fraction of sp³-hybridized carbons (Fsp3) is 0.318.